The molecule has 0 saturated carbocycles. The minimum absolute atomic E-state index is 0.312. The molecular weight excluding hydrogens is 254 g/mol. The summed E-state index contributed by atoms with van der Waals surface area (Å²) in [5, 5.41) is 0. The molecule has 1 aromatic rings. The Morgan fingerprint density at radius 3 is 3.00 bits per heavy atom. The molecule has 0 spiro atoms. The van der Waals surface area contributed by atoms with E-state index < -0.39 is 0 Å². The molecule has 2 rings (SSSR count). The molecule has 0 amide bonds. The van der Waals surface area contributed by atoms with Crippen molar-refractivity contribution in [2.24, 2.45) is 11.7 Å². The smallest absolute Gasteiger partial charge is 0.177 e. The summed E-state index contributed by atoms with van der Waals surface area (Å²) in [5.41, 5.74) is 8.57. The Kier molecular flexibility index (Phi) is 3.16. The van der Waals surface area contributed by atoms with Gasteiger partial charge in [0.25, 0.3) is 0 Å². The number of nitrogens with two attached hydrogens (primary N) is 1. The molecule has 0 aromatic carbocycles. The largest absolute Gasteiger partial charge is 0.327 e. The molecule has 1 aliphatic heterocycles. The number of hydrogen-bond acceptors (Lipinski definition) is 2. The predicted octanol–water partition coefficient (Wildman–Crippen LogP) is 2.12. The van der Waals surface area contributed by atoms with Crippen LogP contribution >= 0.6 is 15.9 Å². The summed E-state index contributed by atoms with van der Waals surface area (Å²) in [4.78, 5) is 4.59. The fourth-order valence-corrected chi connectivity index (χ4v) is 2.76. The highest BCUT2D eigenvalue weighted by molar-refractivity contribution is 9.10. The third-order valence-corrected chi connectivity index (χ3v) is 3.49. The Bertz CT molecular complexity index is 357. The first-order valence-corrected chi connectivity index (χ1v) is 6.36. The lowest BCUT2D eigenvalue weighted by Crippen LogP contribution is -2.31. The molecule has 1 unspecified atom stereocenters. The quantitative estimate of drug-likeness (QED) is 0.896. The Labute approximate surface area is 99.2 Å². The van der Waals surface area contributed by atoms with Crippen molar-refractivity contribution in [2.45, 2.75) is 45.7 Å². The Morgan fingerprint density at radius 1 is 1.60 bits per heavy atom. The van der Waals surface area contributed by atoms with Crippen LogP contribution in [-0.2, 0) is 19.4 Å². The van der Waals surface area contributed by atoms with Crippen molar-refractivity contribution >= 4 is 15.9 Å². The topological polar surface area (TPSA) is 43.8 Å². The predicted molar refractivity (Wildman–Crippen MR) is 64.8 cm³/mol. The van der Waals surface area contributed by atoms with Gasteiger partial charge in [-0.05, 0) is 34.7 Å². The Morgan fingerprint density at radius 2 is 2.33 bits per heavy atom. The molecule has 2 heterocycles. The highest BCUT2D eigenvalue weighted by atomic mass is 79.9. The van der Waals surface area contributed by atoms with Gasteiger partial charge in [-0.15, -0.1) is 0 Å². The summed E-state index contributed by atoms with van der Waals surface area (Å²) in [6.45, 7) is 5.45. The molecule has 0 saturated heterocycles. The second-order valence-corrected chi connectivity index (χ2v) is 5.49. The van der Waals surface area contributed by atoms with Crippen LogP contribution in [0.25, 0.3) is 0 Å². The average Bonchev–Trinajstić information content (AvgIpc) is 2.42. The first-order chi connectivity index (χ1) is 7.08. The van der Waals surface area contributed by atoms with E-state index in [9.17, 15) is 0 Å². The van der Waals surface area contributed by atoms with Crippen LogP contribution in [-0.4, -0.2) is 15.6 Å². The van der Waals surface area contributed by atoms with Crippen molar-refractivity contribution in [2.75, 3.05) is 0 Å². The third-order valence-electron chi connectivity index (χ3n) is 2.89. The third kappa shape index (κ3) is 2.26. The van der Waals surface area contributed by atoms with Crippen molar-refractivity contribution in [3.05, 3.63) is 16.1 Å². The molecule has 0 fully saturated rings. The van der Waals surface area contributed by atoms with E-state index in [-0.39, 0.29) is 0 Å². The second kappa shape index (κ2) is 4.26. The molecule has 3 nitrogen and oxygen atoms in total. The fraction of sp³-hybridized carbons (Fsp3) is 0.727. The van der Waals surface area contributed by atoms with E-state index in [1.54, 1.807) is 0 Å². The van der Waals surface area contributed by atoms with E-state index in [0.717, 1.165) is 30.5 Å². The van der Waals surface area contributed by atoms with Gasteiger partial charge in [0.1, 0.15) is 0 Å². The summed E-state index contributed by atoms with van der Waals surface area (Å²) >= 11 is 3.52. The van der Waals surface area contributed by atoms with Gasteiger partial charge in [0.05, 0.1) is 5.69 Å². The highest BCUT2D eigenvalue weighted by Gasteiger charge is 2.22. The number of imidazole rings is 1. The van der Waals surface area contributed by atoms with Crippen LogP contribution < -0.4 is 5.73 Å². The normalized spacial score (nSPS) is 20.7. The number of fused-ring (bicyclic) bond motifs is 1. The molecule has 1 atom stereocenters. The second-order valence-electron chi connectivity index (χ2n) is 4.78. The fourth-order valence-electron chi connectivity index (χ4n) is 2.15. The van der Waals surface area contributed by atoms with E-state index in [1.165, 1.54) is 11.4 Å². The molecule has 84 valence electrons. The maximum Gasteiger partial charge on any atom is 0.177 e. The number of rotatable bonds is 2. The van der Waals surface area contributed by atoms with Crippen molar-refractivity contribution < 1.29 is 0 Å². The van der Waals surface area contributed by atoms with Gasteiger partial charge in [0.2, 0.25) is 0 Å². The molecule has 0 bridgehead atoms. The molecule has 4 heteroatoms. The lowest BCUT2D eigenvalue weighted by Gasteiger charge is -2.22. The monoisotopic (exact) mass is 271 g/mol. The maximum atomic E-state index is 6.00. The first-order valence-electron chi connectivity index (χ1n) is 5.57. The number of nitrogens with zero attached hydrogens (tertiary/aromatic N) is 2. The molecular formula is C11H18BrN3. The zero-order valence-corrected chi connectivity index (χ0v) is 10.9. The van der Waals surface area contributed by atoms with Crippen LogP contribution in [0, 0.1) is 5.92 Å². The van der Waals surface area contributed by atoms with Gasteiger partial charge in [-0.2, -0.15) is 0 Å². The summed E-state index contributed by atoms with van der Waals surface area (Å²) in [6.07, 6.45) is 3.08. The molecule has 0 radical (unpaired) electrons. The van der Waals surface area contributed by atoms with E-state index in [4.69, 9.17) is 5.73 Å². The van der Waals surface area contributed by atoms with E-state index in [0.29, 0.717) is 12.0 Å². The molecule has 0 aliphatic carbocycles. The standard InChI is InChI=1S/C11H18BrN3/c1-7(2)5-9-10-6-8(13)3-4-15(10)11(12)14-9/h7-8H,3-6,13H2,1-2H3. The number of halogens is 1. The van der Waals surface area contributed by atoms with Crippen LogP contribution in [0.2, 0.25) is 0 Å². The highest BCUT2D eigenvalue weighted by Crippen LogP contribution is 2.25. The Balaban J connectivity index is 2.32. The average molecular weight is 272 g/mol. The zero-order chi connectivity index (χ0) is 11.0. The minimum atomic E-state index is 0.312. The summed E-state index contributed by atoms with van der Waals surface area (Å²) in [6, 6.07) is 0.312. The Hall–Kier alpha value is -0.350. The van der Waals surface area contributed by atoms with Gasteiger partial charge in [-0.1, -0.05) is 13.8 Å². The minimum Gasteiger partial charge on any atom is -0.327 e. The summed E-state index contributed by atoms with van der Waals surface area (Å²) in [7, 11) is 0. The zero-order valence-electron chi connectivity index (χ0n) is 9.33. The molecule has 2 N–H and O–H groups in total. The van der Waals surface area contributed by atoms with Gasteiger partial charge in [-0.25, -0.2) is 4.98 Å². The van der Waals surface area contributed by atoms with Gasteiger partial charge in [0.15, 0.2) is 4.73 Å². The van der Waals surface area contributed by atoms with Gasteiger partial charge < -0.3 is 10.3 Å². The van der Waals surface area contributed by atoms with Crippen LogP contribution in [0.1, 0.15) is 31.7 Å². The van der Waals surface area contributed by atoms with E-state index in [1.807, 2.05) is 0 Å². The van der Waals surface area contributed by atoms with E-state index >= 15 is 0 Å². The van der Waals surface area contributed by atoms with Crippen molar-refractivity contribution in [1.82, 2.24) is 9.55 Å². The molecule has 1 aromatic heterocycles. The lowest BCUT2D eigenvalue weighted by atomic mass is 9.99. The molecule has 1 aliphatic rings. The van der Waals surface area contributed by atoms with Crippen molar-refractivity contribution in [1.29, 1.82) is 0 Å². The van der Waals surface area contributed by atoms with Crippen LogP contribution in [0.15, 0.2) is 4.73 Å². The van der Waals surface area contributed by atoms with Gasteiger partial charge in [0, 0.05) is 24.7 Å². The summed E-state index contributed by atoms with van der Waals surface area (Å²) in [5.74, 6) is 0.648. The summed E-state index contributed by atoms with van der Waals surface area (Å²) < 4.78 is 3.24. The van der Waals surface area contributed by atoms with E-state index in [2.05, 4.69) is 39.3 Å². The number of aromatic nitrogens is 2. The lowest BCUT2D eigenvalue weighted by molar-refractivity contribution is 0.462. The van der Waals surface area contributed by atoms with Gasteiger partial charge in [-0.3, -0.25) is 0 Å². The van der Waals surface area contributed by atoms with Crippen molar-refractivity contribution in [3.8, 4) is 0 Å². The SMILES string of the molecule is CC(C)Cc1nc(Br)n2c1CC(N)CC2. The molecule has 15 heavy (non-hydrogen) atoms. The first kappa shape index (κ1) is 11.1. The number of hydrogen-bond donors (Lipinski definition) is 1. The van der Waals surface area contributed by atoms with Crippen LogP contribution in [0.4, 0.5) is 0 Å². The van der Waals surface area contributed by atoms with Crippen LogP contribution in [0.3, 0.4) is 0 Å². The van der Waals surface area contributed by atoms with Crippen molar-refractivity contribution in [3.63, 3.8) is 0 Å². The van der Waals surface area contributed by atoms with Crippen LogP contribution in [0.5, 0.6) is 0 Å². The van der Waals surface area contributed by atoms with Gasteiger partial charge >= 0.3 is 0 Å². The maximum absolute atomic E-state index is 6.00.